The number of nitrogens with one attached hydrogen (secondary N) is 1. The summed E-state index contributed by atoms with van der Waals surface area (Å²) in [6.07, 6.45) is 8.48. The van der Waals surface area contributed by atoms with Crippen molar-refractivity contribution < 1.29 is 4.79 Å². The Kier molecular flexibility index (Phi) is 5.55. The van der Waals surface area contributed by atoms with Crippen LogP contribution in [0.15, 0.2) is 24.3 Å². The van der Waals surface area contributed by atoms with Crippen molar-refractivity contribution in [2.45, 2.75) is 51.0 Å². The first-order chi connectivity index (χ1) is 11.2. The molecule has 1 aromatic carbocycles. The first-order valence-corrected chi connectivity index (χ1v) is 9.12. The average molecular weight is 315 g/mol. The van der Waals surface area contributed by atoms with Crippen molar-refractivity contribution in [3.05, 3.63) is 29.8 Å². The molecule has 2 aliphatic rings. The smallest absolute Gasteiger partial charge is 0.253 e. The number of rotatable bonds is 4. The van der Waals surface area contributed by atoms with E-state index in [1.165, 1.54) is 32.1 Å². The molecular formula is C19H29N3O. The van der Waals surface area contributed by atoms with Crippen LogP contribution >= 0.6 is 0 Å². The predicted octanol–water partition coefficient (Wildman–Crippen LogP) is 2.92. The summed E-state index contributed by atoms with van der Waals surface area (Å²) < 4.78 is 0. The fraction of sp³-hybridized carbons (Fsp3) is 0.632. The number of carbonyl (C=O) groups is 1. The maximum absolute atomic E-state index is 12.7. The molecule has 1 amide bonds. The molecule has 3 rings (SSSR count). The number of anilines is 1. The molecule has 0 atom stereocenters. The Bertz CT molecular complexity index is 517. The Labute approximate surface area is 139 Å². The molecule has 1 saturated heterocycles. The minimum Gasteiger partial charge on any atom is -0.371 e. The van der Waals surface area contributed by atoms with Crippen molar-refractivity contribution in [3.63, 3.8) is 0 Å². The van der Waals surface area contributed by atoms with Crippen molar-refractivity contribution in [3.8, 4) is 0 Å². The Morgan fingerprint density at radius 1 is 1.09 bits per heavy atom. The van der Waals surface area contributed by atoms with Crippen LogP contribution in [-0.4, -0.2) is 31.6 Å². The van der Waals surface area contributed by atoms with Gasteiger partial charge < -0.3 is 16.0 Å². The summed E-state index contributed by atoms with van der Waals surface area (Å²) in [4.78, 5) is 15.0. The molecule has 1 aromatic rings. The van der Waals surface area contributed by atoms with E-state index in [0.29, 0.717) is 12.0 Å². The largest absolute Gasteiger partial charge is 0.371 e. The lowest BCUT2D eigenvalue weighted by Crippen LogP contribution is -2.40. The highest BCUT2D eigenvalue weighted by Gasteiger charge is 2.21. The van der Waals surface area contributed by atoms with Gasteiger partial charge >= 0.3 is 0 Å². The number of hydrogen-bond donors (Lipinski definition) is 2. The molecule has 0 spiro atoms. The average Bonchev–Trinajstić information content (AvgIpc) is 2.61. The molecule has 1 aliphatic carbocycles. The van der Waals surface area contributed by atoms with Gasteiger partial charge in [-0.2, -0.15) is 0 Å². The number of hydrogen-bond acceptors (Lipinski definition) is 3. The Morgan fingerprint density at radius 3 is 2.52 bits per heavy atom. The highest BCUT2D eigenvalue weighted by atomic mass is 16.1. The van der Waals surface area contributed by atoms with E-state index in [1.54, 1.807) is 0 Å². The molecule has 2 fully saturated rings. The Hall–Kier alpha value is -1.55. The fourth-order valence-corrected chi connectivity index (χ4v) is 3.81. The summed E-state index contributed by atoms with van der Waals surface area (Å²) in [5.74, 6) is 0.730. The molecule has 4 nitrogen and oxygen atoms in total. The van der Waals surface area contributed by atoms with E-state index in [0.717, 1.165) is 43.7 Å². The second-order valence-electron chi connectivity index (χ2n) is 7.06. The molecule has 1 saturated carbocycles. The standard InChI is InChI=1S/C19H29N3O/c20-16-10-12-22(13-11-16)18-9-5-4-8-17(18)19(23)21-14-15-6-2-1-3-7-15/h4-5,8-9,15-16H,1-3,6-7,10-14,20H2,(H,21,23). The van der Waals surface area contributed by atoms with Crippen molar-refractivity contribution in [2.75, 3.05) is 24.5 Å². The lowest BCUT2D eigenvalue weighted by Gasteiger charge is -2.33. The molecular weight excluding hydrogens is 286 g/mol. The van der Waals surface area contributed by atoms with Gasteiger partial charge in [0.25, 0.3) is 5.91 Å². The van der Waals surface area contributed by atoms with Crippen LogP contribution in [0.3, 0.4) is 0 Å². The highest BCUT2D eigenvalue weighted by molar-refractivity contribution is 5.99. The van der Waals surface area contributed by atoms with E-state index in [9.17, 15) is 4.79 Å². The van der Waals surface area contributed by atoms with E-state index in [-0.39, 0.29) is 5.91 Å². The van der Waals surface area contributed by atoms with Gasteiger partial charge in [0.15, 0.2) is 0 Å². The summed E-state index contributed by atoms with van der Waals surface area (Å²) in [5, 5.41) is 3.17. The summed E-state index contributed by atoms with van der Waals surface area (Å²) >= 11 is 0. The van der Waals surface area contributed by atoms with Crippen molar-refractivity contribution in [1.29, 1.82) is 0 Å². The van der Waals surface area contributed by atoms with Crippen LogP contribution in [0.25, 0.3) is 0 Å². The number of nitrogens with two attached hydrogens (primary N) is 1. The van der Waals surface area contributed by atoms with E-state index in [1.807, 2.05) is 18.2 Å². The molecule has 0 aromatic heterocycles. The Morgan fingerprint density at radius 2 is 1.78 bits per heavy atom. The number of amides is 1. The molecule has 0 bridgehead atoms. The van der Waals surface area contributed by atoms with E-state index >= 15 is 0 Å². The topological polar surface area (TPSA) is 58.4 Å². The zero-order valence-corrected chi connectivity index (χ0v) is 14.0. The molecule has 1 aliphatic heterocycles. The third-order valence-corrected chi connectivity index (χ3v) is 5.31. The van der Waals surface area contributed by atoms with E-state index in [4.69, 9.17) is 5.73 Å². The molecule has 4 heteroatoms. The normalized spacial score (nSPS) is 20.5. The van der Waals surface area contributed by atoms with Crippen LogP contribution in [0.5, 0.6) is 0 Å². The van der Waals surface area contributed by atoms with Crippen LogP contribution in [0, 0.1) is 5.92 Å². The number of nitrogens with zero attached hydrogens (tertiary/aromatic N) is 1. The van der Waals surface area contributed by atoms with Crippen molar-refractivity contribution >= 4 is 11.6 Å². The van der Waals surface area contributed by atoms with Gasteiger partial charge in [-0.15, -0.1) is 0 Å². The number of piperidine rings is 1. The third-order valence-electron chi connectivity index (χ3n) is 5.31. The number of para-hydroxylation sites is 1. The molecule has 0 unspecified atom stereocenters. The van der Waals surface area contributed by atoms with E-state index in [2.05, 4.69) is 16.3 Å². The monoisotopic (exact) mass is 315 g/mol. The van der Waals surface area contributed by atoms with Crippen LogP contribution in [-0.2, 0) is 0 Å². The van der Waals surface area contributed by atoms with Crippen LogP contribution in [0.4, 0.5) is 5.69 Å². The van der Waals surface area contributed by atoms with Gasteiger partial charge in [-0.1, -0.05) is 31.4 Å². The summed E-state index contributed by atoms with van der Waals surface area (Å²) in [6, 6.07) is 8.28. The van der Waals surface area contributed by atoms with Gasteiger partial charge in [0.05, 0.1) is 5.56 Å². The van der Waals surface area contributed by atoms with Crippen molar-refractivity contribution in [2.24, 2.45) is 11.7 Å². The zero-order chi connectivity index (χ0) is 16.1. The van der Waals surface area contributed by atoms with Crippen LogP contribution in [0.1, 0.15) is 55.3 Å². The zero-order valence-electron chi connectivity index (χ0n) is 14.0. The van der Waals surface area contributed by atoms with Gasteiger partial charge in [0.2, 0.25) is 0 Å². The second kappa shape index (κ2) is 7.82. The van der Waals surface area contributed by atoms with Gasteiger partial charge in [0, 0.05) is 31.4 Å². The van der Waals surface area contributed by atoms with Gasteiger partial charge in [-0.05, 0) is 43.7 Å². The summed E-state index contributed by atoms with van der Waals surface area (Å²) in [6.45, 7) is 2.69. The molecule has 0 radical (unpaired) electrons. The summed E-state index contributed by atoms with van der Waals surface area (Å²) in [7, 11) is 0. The highest BCUT2D eigenvalue weighted by Crippen LogP contribution is 2.25. The lowest BCUT2D eigenvalue weighted by atomic mass is 9.89. The van der Waals surface area contributed by atoms with E-state index < -0.39 is 0 Å². The second-order valence-corrected chi connectivity index (χ2v) is 7.06. The molecule has 23 heavy (non-hydrogen) atoms. The Balaban J connectivity index is 1.63. The maximum atomic E-state index is 12.7. The first-order valence-electron chi connectivity index (χ1n) is 9.12. The third kappa shape index (κ3) is 4.25. The quantitative estimate of drug-likeness (QED) is 0.898. The molecule has 126 valence electrons. The van der Waals surface area contributed by atoms with Crippen LogP contribution < -0.4 is 16.0 Å². The minimum absolute atomic E-state index is 0.0704. The number of benzene rings is 1. The molecule has 1 heterocycles. The van der Waals surface area contributed by atoms with Gasteiger partial charge in [-0.25, -0.2) is 0 Å². The van der Waals surface area contributed by atoms with Gasteiger partial charge in [-0.3, -0.25) is 4.79 Å². The first kappa shape index (κ1) is 16.3. The SMILES string of the molecule is NC1CCN(c2ccccc2C(=O)NCC2CCCCC2)CC1. The maximum Gasteiger partial charge on any atom is 0.253 e. The lowest BCUT2D eigenvalue weighted by molar-refractivity contribution is 0.0944. The van der Waals surface area contributed by atoms with Crippen LogP contribution in [0.2, 0.25) is 0 Å². The summed E-state index contributed by atoms with van der Waals surface area (Å²) in [5.41, 5.74) is 7.86. The van der Waals surface area contributed by atoms with Gasteiger partial charge in [0.1, 0.15) is 0 Å². The fourth-order valence-electron chi connectivity index (χ4n) is 3.81. The van der Waals surface area contributed by atoms with Crippen molar-refractivity contribution in [1.82, 2.24) is 5.32 Å². The predicted molar refractivity (Wildman–Crippen MR) is 94.8 cm³/mol. The number of carbonyl (C=O) groups excluding carboxylic acids is 1. The minimum atomic E-state index is 0.0704. The molecule has 3 N–H and O–H groups in total.